The Hall–Kier alpha value is -1.77. The fourth-order valence-corrected chi connectivity index (χ4v) is 6.99. The van der Waals surface area contributed by atoms with Gasteiger partial charge in [0, 0.05) is 24.2 Å². The average molecular weight is 595 g/mol. The van der Waals surface area contributed by atoms with E-state index < -0.39 is 32.2 Å². The van der Waals surface area contributed by atoms with Gasteiger partial charge in [0.2, 0.25) is 20.0 Å². The molecule has 0 aliphatic carbocycles. The Labute approximate surface area is 221 Å². The molecule has 204 valence electrons. The number of halogens is 5. The minimum atomic E-state index is -4.98. The Morgan fingerprint density at radius 2 is 1.64 bits per heavy atom. The van der Waals surface area contributed by atoms with Gasteiger partial charge in [-0.2, -0.15) is 3.71 Å². The molecular formula is C21H28Cl2F3N3O5S2. The number of sulfonamides is 2. The summed E-state index contributed by atoms with van der Waals surface area (Å²) in [5.74, 6) is -0.550. The van der Waals surface area contributed by atoms with Crippen LogP contribution in [0.1, 0.15) is 30.0 Å². The van der Waals surface area contributed by atoms with Gasteiger partial charge < -0.3 is 15.4 Å². The quantitative estimate of drug-likeness (QED) is 0.480. The number of hydrogen-bond acceptors (Lipinski definition) is 7. The van der Waals surface area contributed by atoms with Crippen molar-refractivity contribution in [2.75, 3.05) is 22.8 Å². The fraction of sp³-hybridized carbons (Fsp3) is 0.429. The van der Waals surface area contributed by atoms with Crippen LogP contribution in [0.25, 0.3) is 0 Å². The third-order valence-corrected chi connectivity index (χ3v) is 8.51. The van der Waals surface area contributed by atoms with Crippen molar-refractivity contribution >= 4 is 50.5 Å². The normalized spacial score (nSPS) is 18.5. The van der Waals surface area contributed by atoms with Crippen LogP contribution in [0.3, 0.4) is 0 Å². The second kappa shape index (κ2) is 12.7. The summed E-state index contributed by atoms with van der Waals surface area (Å²) in [4.78, 5) is 0. The fourth-order valence-electron chi connectivity index (χ4n) is 4.03. The summed E-state index contributed by atoms with van der Waals surface area (Å²) in [5, 5.41) is 6.63. The van der Waals surface area contributed by atoms with Crippen molar-refractivity contribution < 1.29 is 34.7 Å². The molecule has 2 aromatic rings. The Balaban J connectivity index is 0.00000324. The van der Waals surface area contributed by atoms with E-state index in [0.29, 0.717) is 12.5 Å². The van der Waals surface area contributed by atoms with Crippen molar-refractivity contribution in [3.63, 3.8) is 0 Å². The van der Waals surface area contributed by atoms with Crippen molar-refractivity contribution in [2.24, 2.45) is 0 Å². The lowest BCUT2D eigenvalue weighted by Crippen LogP contribution is -2.45. The zero-order chi connectivity index (χ0) is 25.1. The van der Waals surface area contributed by atoms with E-state index in [1.54, 1.807) is 0 Å². The lowest BCUT2D eigenvalue weighted by atomic mass is 9.92. The molecule has 2 aromatic carbocycles. The lowest BCUT2D eigenvalue weighted by molar-refractivity contribution is -0.274. The first-order valence-corrected chi connectivity index (χ1v) is 14.1. The van der Waals surface area contributed by atoms with Gasteiger partial charge in [-0.1, -0.05) is 30.3 Å². The molecule has 2 N–H and O–H groups in total. The standard InChI is InChI=1S/C21H26F3N3O5S2.2ClH/c1-33(28,29)27(34(2,30)31)17-10-11-19(32-21(22,23)24)16(13-17)14-26-18-9-6-12-25-20(18)15-7-4-3-5-8-15;;/h3-5,7-8,10-11,13,18,20,25-26H,6,9,12,14H2,1-2H3;2*1H/t18-,20-;;/m0../s1. The van der Waals surface area contributed by atoms with Gasteiger partial charge in [0.05, 0.1) is 18.2 Å². The Kier molecular flexibility index (Phi) is 11.3. The van der Waals surface area contributed by atoms with Gasteiger partial charge in [-0.3, -0.25) is 0 Å². The van der Waals surface area contributed by atoms with E-state index in [1.165, 1.54) is 0 Å². The second-order valence-corrected chi connectivity index (χ2v) is 11.9. The Morgan fingerprint density at radius 3 is 2.19 bits per heavy atom. The van der Waals surface area contributed by atoms with Crippen molar-refractivity contribution in [3.8, 4) is 5.75 Å². The molecule has 8 nitrogen and oxygen atoms in total. The summed E-state index contributed by atoms with van der Waals surface area (Å²) in [7, 11) is -8.54. The molecule has 1 saturated heterocycles. The van der Waals surface area contributed by atoms with Crippen LogP contribution in [0, 0.1) is 0 Å². The number of hydrogen-bond donors (Lipinski definition) is 2. The van der Waals surface area contributed by atoms with Gasteiger partial charge in [0.1, 0.15) is 5.75 Å². The molecule has 1 aliphatic heterocycles. The van der Waals surface area contributed by atoms with E-state index in [0.717, 1.165) is 43.1 Å². The second-order valence-electron chi connectivity index (χ2n) is 8.04. The first-order chi connectivity index (χ1) is 15.8. The van der Waals surface area contributed by atoms with Crippen molar-refractivity contribution in [1.82, 2.24) is 10.6 Å². The van der Waals surface area contributed by atoms with Crippen LogP contribution in [0.4, 0.5) is 18.9 Å². The van der Waals surface area contributed by atoms with E-state index in [4.69, 9.17) is 0 Å². The molecule has 36 heavy (non-hydrogen) atoms. The van der Waals surface area contributed by atoms with Crippen molar-refractivity contribution in [3.05, 3.63) is 59.7 Å². The highest BCUT2D eigenvalue weighted by molar-refractivity contribution is 8.09. The van der Waals surface area contributed by atoms with E-state index >= 15 is 0 Å². The molecule has 0 radical (unpaired) electrons. The van der Waals surface area contributed by atoms with Crippen LogP contribution in [-0.4, -0.2) is 48.3 Å². The largest absolute Gasteiger partial charge is 0.573 e. The van der Waals surface area contributed by atoms with Crippen LogP contribution in [0.15, 0.2) is 48.5 Å². The molecule has 0 saturated carbocycles. The predicted octanol–water partition coefficient (Wildman–Crippen LogP) is 3.74. The monoisotopic (exact) mass is 593 g/mol. The number of rotatable bonds is 8. The number of alkyl halides is 3. The zero-order valence-electron chi connectivity index (χ0n) is 19.4. The van der Waals surface area contributed by atoms with Crippen LogP contribution in [0.2, 0.25) is 0 Å². The van der Waals surface area contributed by atoms with Crippen molar-refractivity contribution in [2.45, 2.75) is 37.8 Å². The van der Waals surface area contributed by atoms with E-state index in [2.05, 4.69) is 15.4 Å². The van der Waals surface area contributed by atoms with Crippen LogP contribution in [0.5, 0.6) is 5.75 Å². The summed E-state index contributed by atoms with van der Waals surface area (Å²) in [5.41, 5.74) is 0.669. The van der Waals surface area contributed by atoms with Crippen molar-refractivity contribution in [1.29, 1.82) is 0 Å². The number of nitrogens with zero attached hydrogens (tertiary/aromatic N) is 1. The molecule has 1 aliphatic rings. The first-order valence-electron chi connectivity index (χ1n) is 10.4. The van der Waals surface area contributed by atoms with E-state index in [1.807, 2.05) is 30.3 Å². The van der Waals surface area contributed by atoms with Gasteiger partial charge in [0.15, 0.2) is 0 Å². The first kappa shape index (κ1) is 32.3. The van der Waals surface area contributed by atoms with E-state index in [-0.39, 0.29) is 58.4 Å². The molecule has 0 spiro atoms. The SMILES string of the molecule is CS(=O)(=O)N(c1ccc(OC(F)(F)F)c(CN[C@H]2CCCN[C@H]2c2ccccc2)c1)S(C)(=O)=O.Cl.Cl. The van der Waals surface area contributed by atoms with Gasteiger partial charge in [-0.05, 0) is 43.1 Å². The minimum Gasteiger partial charge on any atom is -0.405 e. The van der Waals surface area contributed by atoms with Gasteiger partial charge >= 0.3 is 6.36 Å². The average Bonchev–Trinajstić information content (AvgIpc) is 2.71. The van der Waals surface area contributed by atoms with Crippen LogP contribution < -0.4 is 19.1 Å². The third kappa shape index (κ3) is 8.67. The van der Waals surface area contributed by atoms with Crippen LogP contribution >= 0.6 is 24.8 Å². The smallest absolute Gasteiger partial charge is 0.405 e. The molecule has 0 aromatic heterocycles. The molecule has 15 heteroatoms. The minimum absolute atomic E-state index is 0. The molecular weight excluding hydrogens is 566 g/mol. The molecule has 1 heterocycles. The summed E-state index contributed by atoms with van der Waals surface area (Å²) in [6.07, 6.45) is -1.99. The highest BCUT2D eigenvalue weighted by Gasteiger charge is 2.34. The molecule has 0 bridgehead atoms. The van der Waals surface area contributed by atoms with Gasteiger partial charge in [-0.25, -0.2) is 16.8 Å². The summed E-state index contributed by atoms with van der Waals surface area (Å²) < 4.78 is 91.7. The Morgan fingerprint density at radius 1 is 1.03 bits per heavy atom. The molecule has 2 atom stereocenters. The molecule has 0 unspecified atom stereocenters. The third-order valence-electron chi connectivity index (χ3n) is 5.25. The zero-order valence-corrected chi connectivity index (χ0v) is 22.6. The van der Waals surface area contributed by atoms with Crippen LogP contribution in [-0.2, 0) is 26.6 Å². The topological polar surface area (TPSA) is 105 Å². The number of piperidine rings is 1. The van der Waals surface area contributed by atoms with Gasteiger partial charge in [0.25, 0.3) is 0 Å². The number of nitrogens with one attached hydrogen (secondary N) is 2. The lowest BCUT2D eigenvalue weighted by Gasteiger charge is -2.34. The number of benzene rings is 2. The molecule has 0 amide bonds. The molecule has 3 rings (SSSR count). The highest BCUT2D eigenvalue weighted by atomic mass is 35.5. The summed E-state index contributed by atoms with van der Waals surface area (Å²) in [6.45, 7) is 0.670. The Bertz CT molecular complexity index is 1190. The van der Waals surface area contributed by atoms with Gasteiger partial charge in [-0.15, -0.1) is 38.0 Å². The maximum absolute atomic E-state index is 13.0. The summed E-state index contributed by atoms with van der Waals surface area (Å²) >= 11 is 0. The molecule has 1 fully saturated rings. The summed E-state index contributed by atoms with van der Waals surface area (Å²) in [6, 6.07) is 12.3. The highest BCUT2D eigenvalue weighted by Crippen LogP contribution is 2.32. The maximum Gasteiger partial charge on any atom is 0.573 e. The predicted molar refractivity (Wildman–Crippen MR) is 137 cm³/mol. The van der Waals surface area contributed by atoms with E-state index in [9.17, 15) is 30.0 Å². The number of anilines is 1. The number of ether oxygens (including phenoxy) is 1. The maximum atomic E-state index is 13.0.